The highest BCUT2D eigenvalue weighted by Crippen LogP contribution is 2.39. The smallest absolute Gasteiger partial charge is 0.339 e. The molecule has 0 aliphatic rings. The van der Waals surface area contributed by atoms with E-state index in [-0.39, 0.29) is 5.56 Å². The lowest BCUT2D eigenvalue weighted by molar-refractivity contribution is 0.0694. The SMILES string of the molecule is CC(C)(C)c1oc2cc(Br)c(OCc3cccc(Br)c3)cc2c1C(=O)O. The Labute approximate surface area is 168 Å². The van der Waals surface area contributed by atoms with E-state index in [1.807, 2.05) is 45.0 Å². The van der Waals surface area contributed by atoms with E-state index in [0.29, 0.717) is 33.6 Å². The fraction of sp³-hybridized carbons (Fsp3) is 0.250. The molecule has 0 amide bonds. The standard InChI is InChI=1S/C20H18Br2O4/c1-20(2,3)18-17(19(23)24)13-8-16(14(22)9-15(13)26-18)25-10-11-5-4-6-12(21)7-11/h4-9H,10H2,1-3H3,(H,23,24). The molecule has 2 aromatic carbocycles. The van der Waals surface area contributed by atoms with Gasteiger partial charge in [0.1, 0.15) is 29.3 Å². The first-order chi connectivity index (χ1) is 12.2. The molecule has 26 heavy (non-hydrogen) atoms. The molecule has 0 atom stereocenters. The van der Waals surface area contributed by atoms with Crippen LogP contribution < -0.4 is 4.74 Å². The Morgan fingerprint density at radius 3 is 2.54 bits per heavy atom. The number of carboxylic acids is 1. The van der Waals surface area contributed by atoms with Crippen molar-refractivity contribution in [2.75, 3.05) is 0 Å². The molecule has 0 spiro atoms. The fourth-order valence-corrected chi connectivity index (χ4v) is 3.62. The Hall–Kier alpha value is -1.79. The molecule has 0 bridgehead atoms. The topological polar surface area (TPSA) is 59.7 Å². The largest absolute Gasteiger partial charge is 0.488 e. The number of rotatable bonds is 4. The first-order valence-electron chi connectivity index (χ1n) is 8.04. The summed E-state index contributed by atoms with van der Waals surface area (Å²) in [6, 6.07) is 11.3. The van der Waals surface area contributed by atoms with Crippen LogP contribution in [-0.4, -0.2) is 11.1 Å². The van der Waals surface area contributed by atoms with Gasteiger partial charge >= 0.3 is 5.97 Å². The highest BCUT2D eigenvalue weighted by Gasteiger charge is 2.29. The van der Waals surface area contributed by atoms with Crippen molar-refractivity contribution in [1.29, 1.82) is 0 Å². The minimum Gasteiger partial charge on any atom is -0.488 e. The Kier molecular flexibility index (Phi) is 5.17. The number of furan rings is 1. The van der Waals surface area contributed by atoms with Crippen molar-refractivity contribution >= 4 is 48.8 Å². The zero-order valence-corrected chi connectivity index (χ0v) is 17.8. The van der Waals surface area contributed by atoms with Crippen molar-refractivity contribution in [3.63, 3.8) is 0 Å². The van der Waals surface area contributed by atoms with E-state index < -0.39 is 11.4 Å². The van der Waals surface area contributed by atoms with Gasteiger partial charge in [-0.05, 0) is 45.8 Å². The van der Waals surface area contributed by atoms with Gasteiger partial charge in [0, 0.05) is 15.3 Å². The first kappa shape index (κ1) is 19.0. The summed E-state index contributed by atoms with van der Waals surface area (Å²) in [5, 5.41) is 10.2. The number of hydrogen-bond acceptors (Lipinski definition) is 3. The number of ether oxygens (including phenoxy) is 1. The summed E-state index contributed by atoms with van der Waals surface area (Å²) in [5.74, 6) is 0.0196. The number of aromatic carboxylic acids is 1. The van der Waals surface area contributed by atoms with Crippen LogP contribution in [0.5, 0.6) is 5.75 Å². The van der Waals surface area contributed by atoms with Crippen LogP contribution in [0.4, 0.5) is 0 Å². The van der Waals surface area contributed by atoms with Crippen LogP contribution in [0.1, 0.15) is 42.5 Å². The van der Waals surface area contributed by atoms with Crippen LogP contribution in [0.3, 0.4) is 0 Å². The van der Waals surface area contributed by atoms with Gasteiger partial charge in [0.15, 0.2) is 0 Å². The van der Waals surface area contributed by atoms with Gasteiger partial charge in [0.05, 0.1) is 4.47 Å². The van der Waals surface area contributed by atoms with Crippen molar-refractivity contribution in [3.05, 3.63) is 62.2 Å². The quantitative estimate of drug-likeness (QED) is 0.460. The van der Waals surface area contributed by atoms with Gasteiger partial charge < -0.3 is 14.3 Å². The van der Waals surface area contributed by atoms with Crippen LogP contribution in [-0.2, 0) is 12.0 Å². The highest BCUT2D eigenvalue weighted by molar-refractivity contribution is 9.10. The number of hydrogen-bond donors (Lipinski definition) is 1. The van der Waals surface area contributed by atoms with E-state index in [0.717, 1.165) is 10.0 Å². The minimum atomic E-state index is -1.01. The van der Waals surface area contributed by atoms with E-state index in [9.17, 15) is 9.90 Å². The second-order valence-electron chi connectivity index (χ2n) is 7.06. The average molecular weight is 482 g/mol. The molecule has 1 aromatic heterocycles. The summed E-state index contributed by atoms with van der Waals surface area (Å²) in [5.41, 5.74) is 1.30. The molecule has 1 heterocycles. The lowest BCUT2D eigenvalue weighted by atomic mass is 9.89. The van der Waals surface area contributed by atoms with E-state index in [2.05, 4.69) is 31.9 Å². The third kappa shape index (κ3) is 3.81. The van der Waals surface area contributed by atoms with E-state index in [1.165, 1.54) is 0 Å². The normalized spacial score (nSPS) is 11.7. The monoisotopic (exact) mass is 480 g/mol. The summed E-state index contributed by atoms with van der Waals surface area (Å²) in [6.07, 6.45) is 0. The molecule has 3 aromatic rings. The molecule has 0 saturated heterocycles. The molecule has 4 nitrogen and oxygen atoms in total. The molecule has 0 radical (unpaired) electrons. The van der Waals surface area contributed by atoms with Gasteiger partial charge in [-0.15, -0.1) is 0 Å². The first-order valence-corrected chi connectivity index (χ1v) is 9.62. The third-order valence-electron chi connectivity index (χ3n) is 3.92. The summed E-state index contributed by atoms with van der Waals surface area (Å²) in [6.45, 7) is 6.15. The van der Waals surface area contributed by atoms with Crippen LogP contribution in [0.2, 0.25) is 0 Å². The average Bonchev–Trinajstić information content (AvgIpc) is 2.91. The second kappa shape index (κ2) is 7.08. The van der Waals surface area contributed by atoms with Crippen molar-refractivity contribution in [3.8, 4) is 5.75 Å². The van der Waals surface area contributed by atoms with Crippen molar-refractivity contribution < 1.29 is 19.1 Å². The molecule has 0 saturated carbocycles. The maximum absolute atomic E-state index is 11.8. The zero-order chi connectivity index (χ0) is 19.1. The van der Waals surface area contributed by atoms with E-state index in [4.69, 9.17) is 9.15 Å². The lowest BCUT2D eigenvalue weighted by Gasteiger charge is -2.15. The summed E-state index contributed by atoms with van der Waals surface area (Å²) in [7, 11) is 0. The predicted molar refractivity (Wildman–Crippen MR) is 108 cm³/mol. The van der Waals surface area contributed by atoms with Gasteiger partial charge in [-0.1, -0.05) is 48.8 Å². The summed E-state index contributed by atoms with van der Waals surface area (Å²) < 4.78 is 13.5. The molecular weight excluding hydrogens is 464 g/mol. The molecule has 0 aliphatic carbocycles. The summed E-state index contributed by atoms with van der Waals surface area (Å²) in [4.78, 5) is 11.8. The number of benzene rings is 2. The second-order valence-corrected chi connectivity index (χ2v) is 8.83. The molecule has 0 aliphatic heterocycles. The van der Waals surface area contributed by atoms with Crippen LogP contribution >= 0.6 is 31.9 Å². The van der Waals surface area contributed by atoms with Gasteiger partial charge in [0.25, 0.3) is 0 Å². The number of carbonyl (C=O) groups is 1. The Balaban J connectivity index is 2.03. The van der Waals surface area contributed by atoms with Crippen LogP contribution in [0, 0.1) is 0 Å². The van der Waals surface area contributed by atoms with E-state index in [1.54, 1.807) is 12.1 Å². The van der Waals surface area contributed by atoms with Crippen molar-refractivity contribution in [1.82, 2.24) is 0 Å². The van der Waals surface area contributed by atoms with Gasteiger partial charge in [0.2, 0.25) is 0 Å². The number of carboxylic acid groups (broad SMARTS) is 1. The van der Waals surface area contributed by atoms with Gasteiger partial charge in [-0.3, -0.25) is 0 Å². The minimum absolute atomic E-state index is 0.187. The maximum Gasteiger partial charge on any atom is 0.339 e. The molecular formula is C20H18Br2O4. The molecule has 0 fully saturated rings. The van der Waals surface area contributed by atoms with Gasteiger partial charge in [-0.25, -0.2) is 4.79 Å². The van der Waals surface area contributed by atoms with Crippen molar-refractivity contribution in [2.45, 2.75) is 32.8 Å². The zero-order valence-electron chi connectivity index (χ0n) is 14.6. The third-order valence-corrected chi connectivity index (χ3v) is 5.03. The van der Waals surface area contributed by atoms with Crippen LogP contribution in [0.25, 0.3) is 11.0 Å². The highest BCUT2D eigenvalue weighted by atomic mass is 79.9. The summed E-state index contributed by atoms with van der Waals surface area (Å²) >= 11 is 6.92. The molecule has 136 valence electrons. The Bertz CT molecular complexity index is 983. The maximum atomic E-state index is 11.8. The fourth-order valence-electron chi connectivity index (χ4n) is 2.74. The van der Waals surface area contributed by atoms with Gasteiger partial charge in [-0.2, -0.15) is 0 Å². The Morgan fingerprint density at radius 2 is 1.92 bits per heavy atom. The number of fused-ring (bicyclic) bond motifs is 1. The van der Waals surface area contributed by atoms with Crippen molar-refractivity contribution in [2.24, 2.45) is 0 Å². The Morgan fingerprint density at radius 1 is 1.19 bits per heavy atom. The molecule has 1 N–H and O–H groups in total. The number of halogens is 2. The lowest BCUT2D eigenvalue weighted by Crippen LogP contribution is -2.14. The van der Waals surface area contributed by atoms with Crippen LogP contribution in [0.15, 0.2) is 49.8 Å². The van der Waals surface area contributed by atoms with E-state index >= 15 is 0 Å². The predicted octanol–water partition coefficient (Wildman–Crippen LogP) is 6.53. The molecule has 6 heteroatoms. The molecule has 3 rings (SSSR count). The molecule has 0 unspecified atom stereocenters.